The van der Waals surface area contributed by atoms with Crippen molar-refractivity contribution in [2.24, 2.45) is 0 Å². The van der Waals surface area contributed by atoms with Crippen molar-refractivity contribution in [3.05, 3.63) is 77.2 Å². The molecule has 3 rings (SSSR count). The fourth-order valence-electron chi connectivity index (χ4n) is 3.45. The van der Waals surface area contributed by atoms with Crippen LogP contribution in [0.1, 0.15) is 37.3 Å². The molecule has 2 aromatic carbocycles. The van der Waals surface area contributed by atoms with Gasteiger partial charge in [-0.1, -0.05) is 62.2 Å². The van der Waals surface area contributed by atoms with Gasteiger partial charge in [-0.3, -0.25) is 14.5 Å². The number of benzene rings is 2. The van der Waals surface area contributed by atoms with Crippen LogP contribution in [0, 0.1) is 5.82 Å². The van der Waals surface area contributed by atoms with Gasteiger partial charge in [-0.2, -0.15) is 0 Å². The van der Waals surface area contributed by atoms with Crippen LogP contribution in [-0.2, 0) is 16.1 Å². The lowest BCUT2D eigenvalue weighted by Crippen LogP contribution is -2.34. The van der Waals surface area contributed by atoms with E-state index in [1.54, 1.807) is 12.1 Å². The highest BCUT2D eigenvalue weighted by molar-refractivity contribution is 6.35. The maximum absolute atomic E-state index is 13.4. The first-order chi connectivity index (χ1) is 13.5. The number of imide groups is 1. The Morgan fingerprint density at radius 3 is 2.25 bits per heavy atom. The molecule has 2 aromatic rings. The molecule has 0 saturated heterocycles. The minimum atomic E-state index is -0.375. The summed E-state index contributed by atoms with van der Waals surface area (Å²) < 4.78 is 13.4. The SMILES string of the molecule is CCCCCN1C(=O)C(c2ccc(F)cc2)=C(N(C)Cc2ccccc2)C1=O. The number of hydrogen-bond acceptors (Lipinski definition) is 3. The van der Waals surface area contributed by atoms with Crippen LogP contribution in [0.2, 0.25) is 0 Å². The molecule has 5 heteroatoms. The molecule has 28 heavy (non-hydrogen) atoms. The minimum Gasteiger partial charge on any atom is -0.365 e. The van der Waals surface area contributed by atoms with E-state index >= 15 is 0 Å². The molecule has 1 aliphatic heterocycles. The normalized spacial score (nSPS) is 14.2. The lowest BCUT2D eigenvalue weighted by Gasteiger charge is -2.21. The van der Waals surface area contributed by atoms with E-state index in [1.165, 1.54) is 17.0 Å². The van der Waals surface area contributed by atoms with E-state index < -0.39 is 0 Å². The zero-order chi connectivity index (χ0) is 20.1. The predicted octanol–water partition coefficient (Wildman–Crippen LogP) is 4.23. The third-order valence-electron chi connectivity index (χ3n) is 4.91. The zero-order valence-corrected chi connectivity index (χ0v) is 16.3. The van der Waals surface area contributed by atoms with Gasteiger partial charge in [-0.15, -0.1) is 0 Å². The molecule has 0 bridgehead atoms. The number of carbonyl (C=O) groups excluding carboxylic acids is 2. The number of carbonyl (C=O) groups is 2. The van der Waals surface area contributed by atoms with Gasteiger partial charge < -0.3 is 4.90 Å². The summed E-state index contributed by atoms with van der Waals surface area (Å²) >= 11 is 0. The average molecular weight is 380 g/mol. The standard InChI is InChI=1S/C23H25FN2O2/c1-3-4-8-15-26-22(27)20(18-11-13-19(24)14-12-18)21(23(26)28)25(2)16-17-9-6-5-7-10-17/h5-7,9-14H,3-4,8,15-16H2,1-2H3. The van der Waals surface area contributed by atoms with E-state index in [-0.39, 0.29) is 17.6 Å². The van der Waals surface area contributed by atoms with Crippen molar-refractivity contribution >= 4 is 17.4 Å². The summed E-state index contributed by atoms with van der Waals surface area (Å²) in [5, 5.41) is 0. The van der Waals surface area contributed by atoms with Crippen LogP contribution in [0.4, 0.5) is 4.39 Å². The Kier molecular flexibility index (Phi) is 6.24. The second-order valence-electron chi connectivity index (χ2n) is 7.04. The molecular weight excluding hydrogens is 355 g/mol. The summed E-state index contributed by atoms with van der Waals surface area (Å²) in [6.45, 7) is 2.98. The summed E-state index contributed by atoms with van der Waals surface area (Å²) in [4.78, 5) is 29.4. The van der Waals surface area contributed by atoms with Crippen molar-refractivity contribution in [1.29, 1.82) is 0 Å². The molecule has 0 atom stereocenters. The van der Waals surface area contributed by atoms with E-state index in [2.05, 4.69) is 6.92 Å². The molecule has 0 aromatic heterocycles. The number of amides is 2. The molecule has 0 N–H and O–H groups in total. The number of unbranched alkanes of at least 4 members (excludes halogenated alkanes) is 2. The first-order valence-corrected chi connectivity index (χ1v) is 9.64. The fourth-order valence-corrected chi connectivity index (χ4v) is 3.45. The topological polar surface area (TPSA) is 40.6 Å². The maximum Gasteiger partial charge on any atom is 0.277 e. The smallest absolute Gasteiger partial charge is 0.277 e. The van der Waals surface area contributed by atoms with Gasteiger partial charge in [0.25, 0.3) is 11.8 Å². The molecule has 0 spiro atoms. The molecule has 0 aliphatic carbocycles. The molecule has 1 aliphatic rings. The van der Waals surface area contributed by atoms with Crippen LogP contribution in [0.5, 0.6) is 0 Å². The first-order valence-electron chi connectivity index (χ1n) is 9.64. The van der Waals surface area contributed by atoms with Crippen molar-refractivity contribution in [2.75, 3.05) is 13.6 Å². The molecule has 0 unspecified atom stereocenters. The summed E-state index contributed by atoms with van der Waals surface area (Å²) in [5.41, 5.74) is 2.32. The number of hydrogen-bond donors (Lipinski definition) is 0. The molecule has 146 valence electrons. The Balaban J connectivity index is 1.96. The Hall–Kier alpha value is -2.95. The predicted molar refractivity (Wildman–Crippen MR) is 107 cm³/mol. The maximum atomic E-state index is 13.4. The summed E-state index contributed by atoms with van der Waals surface area (Å²) in [6, 6.07) is 15.5. The average Bonchev–Trinajstić information content (AvgIpc) is 2.94. The van der Waals surface area contributed by atoms with Crippen LogP contribution >= 0.6 is 0 Å². The third-order valence-corrected chi connectivity index (χ3v) is 4.91. The number of rotatable bonds is 8. The molecule has 0 radical (unpaired) electrons. The molecule has 4 nitrogen and oxygen atoms in total. The summed E-state index contributed by atoms with van der Waals surface area (Å²) in [6.07, 6.45) is 2.74. The molecule has 0 fully saturated rings. The van der Waals surface area contributed by atoms with Crippen LogP contribution in [0.15, 0.2) is 60.3 Å². The largest absolute Gasteiger partial charge is 0.365 e. The zero-order valence-electron chi connectivity index (χ0n) is 16.3. The van der Waals surface area contributed by atoms with Crippen molar-refractivity contribution in [3.63, 3.8) is 0 Å². The monoisotopic (exact) mass is 380 g/mol. The third kappa shape index (κ3) is 4.14. The van der Waals surface area contributed by atoms with Gasteiger partial charge in [0, 0.05) is 20.1 Å². The quantitative estimate of drug-likeness (QED) is 0.508. The van der Waals surface area contributed by atoms with E-state index in [0.29, 0.717) is 29.9 Å². The van der Waals surface area contributed by atoms with Gasteiger partial charge in [0.15, 0.2) is 0 Å². The van der Waals surface area contributed by atoms with Crippen molar-refractivity contribution in [3.8, 4) is 0 Å². The van der Waals surface area contributed by atoms with Crippen molar-refractivity contribution in [1.82, 2.24) is 9.80 Å². The van der Waals surface area contributed by atoms with E-state index in [9.17, 15) is 14.0 Å². The van der Waals surface area contributed by atoms with Gasteiger partial charge in [-0.05, 0) is 29.7 Å². The van der Waals surface area contributed by atoms with E-state index in [0.717, 1.165) is 24.8 Å². The van der Waals surface area contributed by atoms with Gasteiger partial charge in [0.2, 0.25) is 0 Å². The van der Waals surface area contributed by atoms with Crippen LogP contribution < -0.4 is 0 Å². The van der Waals surface area contributed by atoms with Gasteiger partial charge in [-0.25, -0.2) is 4.39 Å². The van der Waals surface area contributed by atoms with Crippen molar-refractivity contribution in [2.45, 2.75) is 32.7 Å². The second-order valence-corrected chi connectivity index (χ2v) is 7.04. The molecule has 0 saturated carbocycles. The molecule has 2 amide bonds. The fraction of sp³-hybridized carbons (Fsp3) is 0.304. The second kappa shape index (κ2) is 8.83. The van der Waals surface area contributed by atoms with E-state index in [4.69, 9.17) is 0 Å². The lowest BCUT2D eigenvalue weighted by molar-refractivity contribution is -0.137. The highest BCUT2D eigenvalue weighted by atomic mass is 19.1. The van der Waals surface area contributed by atoms with Crippen LogP contribution in [0.25, 0.3) is 5.57 Å². The highest BCUT2D eigenvalue weighted by Crippen LogP contribution is 2.32. The Labute approximate surface area is 165 Å². The Bertz CT molecular complexity index is 875. The summed E-state index contributed by atoms with van der Waals surface area (Å²) in [7, 11) is 1.81. The minimum absolute atomic E-state index is 0.279. The van der Waals surface area contributed by atoms with Crippen LogP contribution in [-0.4, -0.2) is 35.2 Å². The lowest BCUT2D eigenvalue weighted by atomic mass is 10.0. The number of likely N-dealkylation sites (N-methyl/N-ethyl adjacent to an activating group) is 1. The molecular formula is C23H25FN2O2. The summed E-state index contributed by atoms with van der Waals surface area (Å²) in [5.74, 6) is -0.957. The van der Waals surface area contributed by atoms with Gasteiger partial charge >= 0.3 is 0 Å². The van der Waals surface area contributed by atoms with Gasteiger partial charge in [0.05, 0.1) is 5.57 Å². The van der Waals surface area contributed by atoms with Gasteiger partial charge in [0.1, 0.15) is 11.5 Å². The molecule has 1 heterocycles. The van der Waals surface area contributed by atoms with E-state index in [1.807, 2.05) is 42.3 Å². The number of halogens is 1. The van der Waals surface area contributed by atoms with Crippen molar-refractivity contribution < 1.29 is 14.0 Å². The highest BCUT2D eigenvalue weighted by Gasteiger charge is 2.40. The number of nitrogens with zero attached hydrogens (tertiary/aromatic N) is 2. The van der Waals surface area contributed by atoms with Crippen LogP contribution in [0.3, 0.4) is 0 Å². The first kappa shape index (κ1) is 19.8. The Morgan fingerprint density at radius 2 is 1.61 bits per heavy atom. The Morgan fingerprint density at radius 1 is 0.929 bits per heavy atom.